The number of nitrogens with zero attached hydrogens (tertiary/aromatic N) is 2. The zero-order valence-corrected chi connectivity index (χ0v) is 18.6. The summed E-state index contributed by atoms with van der Waals surface area (Å²) in [5.41, 5.74) is 2.03. The minimum Gasteiger partial charge on any atom is -0.296 e. The number of alkyl halides is 4. The molecule has 0 atom stereocenters. The Morgan fingerprint density at radius 3 is 1.35 bits per heavy atom. The lowest BCUT2D eigenvalue weighted by atomic mass is 10.1. The highest BCUT2D eigenvalue weighted by Gasteiger charge is 2.67. The molecular weight excluding hydrogens is 492 g/mol. The zero-order chi connectivity index (χ0) is 24.3. The monoisotopic (exact) mass is 506 g/mol. The van der Waals surface area contributed by atoms with Crippen molar-refractivity contribution in [2.24, 2.45) is 0 Å². The highest BCUT2D eigenvalue weighted by atomic mass is 32.1. The normalized spacial score (nSPS) is 11.8. The Morgan fingerprint density at radius 1 is 0.647 bits per heavy atom. The summed E-state index contributed by atoms with van der Waals surface area (Å²) in [4.78, 5) is 31.9. The summed E-state index contributed by atoms with van der Waals surface area (Å²) >= 11 is 1.56. The van der Waals surface area contributed by atoms with Crippen LogP contribution in [0.25, 0.3) is 22.5 Å². The van der Waals surface area contributed by atoms with E-state index >= 15 is 0 Å². The number of carbonyl (C=O) groups excluding carboxylic acids is 2. The standard InChI is InChI=1S/C22H14F4N4O2S2/c23-21(24,17(31)29-19-27-15(11-33-19)13-7-3-1-4-8-13)22(25,26)18(32)30-20-28-16(12-34-20)14-9-5-2-6-10-14/h1-12H,(H,27,29,31)(H,28,30,32). The van der Waals surface area contributed by atoms with Crippen LogP contribution < -0.4 is 10.6 Å². The number of benzene rings is 2. The Hall–Kier alpha value is -3.64. The van der Waals surface area contributed by atoms with E-state index in [1.807, 2.05) is 0 Å². The van der Waals surface area contributed by atoms with Crippen LogP contribution in [0.15, 0.2) is 71.4 Å². The molecule has 2 aromatic carbocycles. The fraction of sp³-hybridized carbons (Fsp3) is 0.0909. The van der Waals surface area contributed by atoms with Crippen LogP contribution in [0.2, 0.25) is 0 Å². The van der Waals surface area contributed by atoms with Crippen molar-refractivity contribution >= 4 is 44.8 Å². The predicted molar refractivity (Wildman–Crippen MR) is 122 cm³/mol. The number of hydrogen-bond acceptors (Lipinski definition) is 6. The van der Waals surface area contributed by atoms with Crippen molar-refractivity contribution in [2.75, 3.05) is 10.6 Å². The summed E-state index contributed by atoms with van der Waals surface area (Å²) < 4.78 is 57.5. The van der Waals surface area contributed by atoms with E-state index in [1.54, 1.807) is 71.3 Å². The van der Waals surface area contributed by atoms with Gasteiger partial charge in [0.2, 0.25) is 0 Å². The third kappa shape index (κ3) is 4.68. The number of aromatic nitrogens is 2. The fourth-order valence-corrected chi connectivity index (χ4v) is 4.21. The van der Waals surface area contributed by atoms with Crippen molar-refractivity contribution in [3.05, 3.63) is 71.4 Å². The maximum Gasteiger partial charge on any atom is 0.396 e. The first kappa shape index (κ1) is 23.5. The van der Waals surface area contributed by atoms with Gasteiger partial charge >= 0.3 is 23.7 Å². The van der Waals surface area contributed by atoms with Gasteiger partial charge in [0.1, 0.15) is 0 Å². The highest BCUT2D eigenvalue weighted by Crippen LogP contribution is 2.37. The van der Waals surface area contributed by atoms with Gasteiger partial charge in [0.05, 0.1) is 11.4 Å². The number of halogens is 4. The molecule has 0 saturated carbocycles. The molecule has 2 N–H and O–H groups in total. The Bertz CT molecular complexity index is 1210. The fourth-order valence-electron chi connectivity index (χ4n) is 2.78. The molecular formula is C22H14F4N4O2S2. The molecule has 12 heteroatoms. The van der Waals surface area contributed by atoms with Gasteiger partial charge in [-0.15, -0.1) is 22.7 Å². The van der Waals surface area contributed by atoms with Crippen LogP contribution in [0, 0.1) is 0 Å². The molecule has 2 aromatic heterocycles. The predicted octanol–water partition coefficient (Wildman–Crippen LogP) is 5.78. The van der Waals surface area contributed by atoms with Crippen molar-refractivity contribution < 1.29 is 27.2 Å². The first-order chi connectivity index (χ1) is 16.2. The number of nitrogens with one attached hydrogen (secondary N) is 2. The molecule has 34 heavy (non-hydrogen) atoms. The third-order valence-electron chi connectivity index (χ3n) is 4.55. The lowest BCUT2D eigenvalue weighted by molar-refractivity contribution is -0.204. The molecule has 0 aliphatic rings. The van der Waals surface area contributed by atoms with Crippen molar-refractivity contribution in [1.29, 1.82) is 0 Å². The number of carbonyl (C=O) groups is 2. The van der Waals surface area contributed by atoms with Gasteiger partial charge in [-0.1, -0.05) is 60.7 Å². The van der Waals surface area contributed by atoms with Crippen LogP contribution in [0.4, 0.5) is 27.8 Å². The maximum atomic E-state index is 14.4. The Labute approximate surface area is 198 Å². The quantitative estimate of drug-likeness (QED) is 0.311. The van der Waals surface area contributed by atoms with E-state index < -0.39 is 23.7 Å². The first-order valence-electron chi connectivity index (χ1n) is 9.59. The van der Waals surface area contributed by atoms with E-state index in [4.69, 9.17) is 0 Å². The molecule has 0 bridgehead atoms. The first-order valence-corrected chi connectivity index (χ1v) is 11.3. The second kappa shape index (κ2) is 9.31. The van der Waals surface area contributed by atoms with Crippen LogP contribution in [0.3, 0.4) is 0 Å². The highest BCUT2D eigenvalue weighted by molar-refractivity contribution is 7.14. The number of hydrogen-bond donors (Lipinski definition) is 2. The molecule has 2 heterocycles. The Kier molecular flexibility index (Phi) is 6.44. The molecule has 4 aromatic rings. The molecule has 0 aliphatic heterocycles. The van der Waals surface area contributed by atoms with E-state index in [0.717, 1.165) is 22.7 Å². The van der Waals surface area contributed by atoms with Crippen molar-refractivity contribution in [1.82, 2.24) is 9.97 Å². The summed E-state index contributed by atoms with van der Waals surface area (Å²) in [6.07, 6.45) is 0. The van der Waals surface area contributed by atoms with Crippen LogP contribution in [0.1, 0.15) is 0 Å². The second-order valence-corrected chi connectivity index (χ2v) is 8.58. The molecule has 0 aliphatic carbocycles. The van der Waals surface area contributed by atoms with E-state index in [2.05, 4.69) is 9.97 Å². The summed E-state index contributed by atoms with van der Waals surface area (Å²) in [5, 5.41) is 5.66. The Morgan fingerprint density at radius 2 is 1.00 bits per heavy atom. The van der Waals surface area contributed by atoms with Gasteiger partial charge in [0.15, 0.2) is 10.3 Å². The molecule has 0 spiro atoms. The SMILES string of the molecule is O=C(Nc1nc(-c2ccccc2)cs1)C(F)(F)C(F)(F)C(=O)Nc1nc(-c2ccccc2)cs1. The van der Waals surface area contributed by atoms with E-state index in [9.17, 15) is 27.2 Å². The molecule has 0 fully saturated rings. The molecule has 2 amide bonds. The van der Waals surface area contributed by atoms with E-state index in [0.29, 0.717) is 22.5 Å². The number of amides is 2. The molecule has 4 rings (SSSR count). The van der Waals surface area contributed by atoms with E-state index in [1.165, 1.54) is 10.8 Å². The summed E-state index contributed by atoms with van der Waals surface area (Å²) in [6, 6.07) is 17.3. The lowest BCUT2D eigenvalue weighted by Crippen LogP contribution is -2.56. The van der Waals surface area contributed by atoms with Crippen molar-refractivity contribution in [3.8, 4) is 22.5 Å². The van der Waals surface area contributed by atoms with Gasteiger partial charge in [0.25, 0.3) is 0 Å². The van der Waals surface area contributed by atoms with Gasteiger partial charge in [-0.3, -0.25) is 20.2 Å². The number of anilines is 2. The van der Waals surface area contributed by atoms with Gasteiger partial charge in [0, 0.05) is 21.9 Å². The molecule has 0 radical (unpaired) electrons. The van der Waals surface area contributed by atoms with Gasteiger partial charge < -0.3 is 0 Å². The average molecular weight is 507 g/mol. The summed E-state index contributed by atoms with van der Waals surface area (Å²) in [5.74, 6) is -15.4. The van der Waals surface area contributed by atoms with Crippen LogP contribution in [0.5, 0.6) is 0 Å². The summed E-state index contributed by atoms with van der Waals surface area (Å²) in [6.45, 7) is 0. The smallest absolute Gasteiger partial charge is 0.296 e. The third-order valence-corrected chi connectivity index (χ3v) is 6.07. The topological polar surface area (TPSA) is 84.0 Å². The minimum atomic E-state index is -5.35. The summed E-state index contributed by atoms with van der Waals surface area (Å²) in [7, 11) is 0. The molecule has 0 saturated heterocycles. The zero-order valence-electron chi connectivity index (χ0n) is 17.0. The van der Waals surface area contributed by atoms with Crippen LogP contribution in [-0.2, 0) is 9.59 Å². The molecule has 174 valence electrons. The van der Waals surface area contributed by atoms with Crippen LogP contribution >= 0.6 is 22.7 Å². The van der Waals surface area contributed by atoms with Crippen molar-refractivity contribution in [2.45, 2.75) is 11.8 Å². The van der Waals surface area contributed by atoms with Gasteiger partial charge in [-0.05, 0) is 0 Å². The van der Waals surface area contributed by atoms with Gasteiger partial charge in [-0.2, -0.15) is 17.6 Å². The lowest BCUT2D eigenvalue weighted by Gasteiger charge is -2.23. The Balaban J connectivity index is 1.45. The number of rotatable bonds is 7. The minimum absolute atomic E-state index is 0.313. The van der Waals surface area contributed by atoms with Crippen LogP contribution in [-0.4, -0.2) is 33.6 Å². The average Bonchev–Trinajstić information content (AvgIpc) is 3.50. The maximum absolute atomic E-state index is 14.4. The molecule has 0 unspecified atom stereocenters. The largest absolute Gasteiger partial charge is 0.396 e. The molecule has 6 nitrogen and oxygen atoms in total. The second-order valence-electron chi connectivity index (χ2n) is 6.86. The number of thiazole rings is 2. The van der Waals surface area contributed by atoms with Gasteiger partial charge in [-0.25, -0.2) is 9.97 Å². The van der Waals surface area contributed by atoms with Crippen molar-refractivity contribution in [3.63, 3.8) is 0 Å². The van der Waals surface area contributed by atoms with E-state index in [-0.39, 0.29) is 10.3 Å².